The maximum atomic E-state index is 13.1. The molecule has 1 aromatic carbocycles. The van der Waals surface area contributed by atoms with Crippen LogP contribution in [0.4, 0.5) is 0 Å². The number of rotatable bonds is 8. The summed E-state index contributed by atoms with van der Waals surface area (Å²) in [5, 5.41) is 5.87. The highest BCUT2D eigenvalue weighted by Crippen LogP contribution is 2.35. The predicted octanol–water partition coefficient (Wildman–Crippen LogP) is 0.707. The number of hydrogen-bond donors (Lipinski definition) is 2. The van der Waals surface area contributed by atoms with E-state index in [1.165, 1.54) is 6.20 Å². The van der Waals surface area contributed by atoms with Crippen molar-refractivity contribution in [1.29, 1.82) is 0 Å². The van der Waals surface area contributed by atoms with Crippen LogP contribution in [0.2, 0.25) is 0 Å². The van der Waals surface area contributed by atoms with Crippen molar-refractivity contribution >= 4 is 22.7 Å². The number of carbonyl (C=O) groups excluding carboxylic acids is 2. The molecule has 33 heavy (non-hydrogen) atoms. The van der Waals surface area contributed by atoms with Crippen LogP contribution in [0.5, 0.6) is 11.5 Å². The molecule has 1 saturated heterocycles. The fourth-order valence-corrected chi connectivity index (χ4v) is 4.04. The van der Waals surface area contributed by atoms with Crippen molar-refractivity contribution in [3.8, 4) is 11.5 Å². The quantitative estimate of drug-likeness (QED) is 0.561. The van der Waals surface area contributed by atoms with Gasteiger partial charge in [0.2, 0.25) is 18.1 Å². The van der Waals surface area contributed by atoms with Gasteiger partial charge in [-0.3, -0.25) is 19.3 Å². The molecule has 0 bridgehead atoms. The number of aromatic nitrogens is 1. The Hall–Kier alpha value is -3.11. The molecule has 0 radical (unpaired) electrons. The van der Waals surface area contributed by atoms with Crippen LogP contribution in [0, 0.1) is 0 Å². The standard InChI is InChI=1S/C23H30N4O6/c1-3-27-13-17(21(28)16-11-19-20(12-18(16)27)33-14-32-19)23(30)25-15(2)22(29)24-5-4-6-26-7-9-31-10-8-26/h11-13,15H,3-10,14H2,1-2H3,(H,24,29)(H,25,30)/t15-/m0/s1. The van der Waals surface area contributed by atoms with Gasteiger partial charge < -0.3 is 29.4 Å². The van der Waals surface area contributed by atoms with Gasteiger partial charge in [-0.1, -0.05) is 0 Å². The second-order valence-corrected chi connectivity index (χ2v) is 8.17. The van der Waals surface area contributed by atoms with Crippen molar-refractivity contribution in [1.82, 2.24) is 20.1 Å². The minimum atomic E-state index is -0.775. The van der Waals surface area contributed by atoms with E-state index < -0.39 is 17.4 Å². The van der Waals surface area contributed by atoms with Gasteiger partial charge in [0.25, 0.3) is 5.91 Å². The molecular weight excluding hydrogens is 428 g/mol. The second kappa shape index (κ2) is 10.2. The van der Waals surface area contributed by atoms with Gasteiger partial charge in [-0.2, -0.15) is 0 Å². The summed E-state index contributed by atoms with van der Waals surface area (Å²) in [6.45, 7) is 8.87. The molecule has 1 aromatic heterocycles. The highest BCUT2D eigenvalue weighted by Gasteiger charge is 2.23. The minimum Gasteiger partial charge on any atom is -0.454 e. The van der Waals surface area contributed by atoms with Crippen molar-refractivity contribution in [3.63, 3.8) is 0 Å². The lowest BCUT2D eigenvalue weighted by atomic mass is 10.1. The molecular formula is C23H30N4O6. The third kappa shape index (κ3) is 5.12. The van der Waals surface area contributed by atoms with Gasteiger partial charge in [0.1, 0.15) is 11.6 Å². The summed E-state index contributed by atoms with van der Waals surface area (Å²) in [6.07, 6.45) is 2.34. The number of amides is 2. The van der Waals surface area contributed by atoms with Crippen LogP contribution in [-0.2, 0) is 16.1 Å². The first-order chi connectivity index (χ1) is 16.0. The first-order valence-corrected chi connectivity index (χ1v) is 11.3. The largest absolute Gasteiger partial charge is 0.454 e. The number of carbonyl (C=O) groups is 2. The van der Waals surface area contributed by atoms with Crippen LogP contribution in [0.25, 0.3) is 10.9 Å². The Morgan fingerprint density at radius 1 is 1.15 bits per heavy atom. The Labute approximate surface area is 191 Å². The molecule has 10 nitrogen and oxygen atoms in total. The van der Waals surface area contributed by atoms with Crippen molar-refractivity contribution in [3.05, 3.63) is 34.1 Å². The topological polar surface area (TPSA) is 111 Å². The van der Waals surface area contributed by atoms with Gasteiger partial charge in [0, 0.05) is 38.4 Å². The zero-order chi connectivity index (χ0) is 23.4. The summed E-state index contributed by atoms with van der Waals surface area (Å²) >= 11 is 0. The number of aryl methyl sites for hydroxylation is 1. The molecule has 10 heteroatoms. The van der Waals surface area contributed by atoms with Crippen LogP contribution in [0.15, 0.2) is 23.1 Å². The molecule has 2 aromatic rings. The van der Waals surface area contributed by atoms with Crippen LogP contribution < -0.4 is 25.5 Å². The van der Waals surface area contributed by atoms with Crippen LogP contribution in [0.1, 0.15) is 30.6 Å². The van der Waals surface area contributed by atoms with E-state index >= 15 is 0 Å². The Morgan fingerprint density at radius 2 is 1.88 bits per heavy atom. The average Bonchev–Trinajstić information content (AvgIpc) is 3.29. The van der Waals surface area contributed by atoms with E-state index in [0.717, 1.165) is 39.3 Å². The van der Waals surface area contributed by atoms with Crippen LogP contribution in [0.3, 0.4) is 0 Å². The van der Waals surface area contributed by atoms with E-state index in [4.69, 9.17) is 14.2 Å². The van der Waals surface area contributed by atoms with Crippen LogP contribution in [-0.4, -0.2) is 73.5 Å². The molecule has 2 amide bonds. The third-order valence-electron chi connectivity index (χ3n) is 5.95. The number of ether oxygens (including phenoxy) is 3. The maximum absolute atomic E-state index is 13.1. The second-order valence-electron chi connectivity index (χ2n) is 8.17. The summed E-state index contributed by atoms with van der Waals surface area (Å²) in [7, 11) is 0. The van der Waals surface area contributed by atoms with Gasteiger partial charge in [-0.25, -0.2) is 0 Å². The van der Waals surface area contributed by atoms with Gasteiger partial charge >= 0.3 is 0 Å². The number of pyridine rings is 1. The van der Waals surface area contributed by atoms with E-state index in [0.29, 0.717) is 35.5 Å². The van der Waals surface area contributed by atoms with Crippen molar-refractivity contribution in [2.45, 2.75) is 32.9 Å². The minimum absolute atomic E-state index is 0.0183. The number of nitrogens with zero attached hydrogens (tertiary/aromatic N) is 2. The van der Waals surface area contributed by atoms with E-state index in [-0.39, 0.29) is 18.3 Å². The lowest BCUT2D eigenvalue weighted by Crippen LogP contribution is -2.46. The number of fused-ring (bicyclic) bond motifs is 2. The number of morpholine rings is 1. The monoisotopic (exact) mass is 458 g/mol. The molecule has 0 spiro atoms. The van der Waals surface area contributed by atoms with Crippen LogP contribution >= 0.6 is 0 Å². The fraction of sp³-hybridized carbons (Fsp3) is 0.522. The summed E-state index contributed by atoms with van der Waals surface area (Å²) in [4.78, 5) is 40.7. The molecule has 2 aliphatic heterocycles. The Morgan fingerprint density at radius 3 is 2.61 bits per heavy atom. The highest BCUT2D eigenvalue weighted by atomic mass is 16.7. The molecule has 1 atom stereocenters. The first-order valence-electron chi connectivity index (χ1n) is 11.3. The Kier molecular flexibility index (Phi) is 7.14. The molecule has 3 heterocycles. The Bertz CT molecular complexity index is 1090. The lowest BCUT2D eigenvalue weighted by molar-refractivity contribution is -0.122. The third-order valence-corrected chi connectivity index (χ3v) is 5.95. The lowest BCUT2D eigenvalue weighted by Gasteiger charge is -2.26. The summed E-state index contributed by atoms with van der Waals surface area (Å²) in [5.41, 5.74) is 0.230. The molecule has 2 N–H and O–H groups in total. The van der Waals surface area contributed by atoms with E-state index in [1.807, 2.05) is 11.5 Å². The van der Waals surface area contributed by atoms with Crippen molar-refractivity contribution in [2.75, 3.05) is 46.2 Å². The fourth-order valence-electron chi connectivity index (χ4n) is 4.04. The molecule has 0 aliphatic carbocycles. The Balaban J connectivity index is 1.39. The van der Waals surface area contributed by atoms with Crippen molar-refractivity contribution < 1.29 is 23.8 Å². The molecule has 1 fully saturated rings. The summed E-state index contributed by atoms with van der Waals surface area (Å²) in [5.74, 6) is 0.174. The zero-order valence-electron chi connectivity index (χ0n) is 19.0. The molecule has 2 aliphatic rings. The molecule has 4 rings (SSSR count). The first kappa shape index (κ1) is 23.1. The van der Waals surface area contributed by atoms with Gasteiger partial charge in [-0.15, -0.1) is 0 Å². The number of nitrogens with one attached hydrogen (secondary N) is 2. The SMILES string of the molecule is CCn1cc(C(=O)N[C@@H](C)C(=O)NCCCN2CCOCC2)c(=O)c2cc3c(cc21)OCO3. The van der Waals surface area contributed by atoms with Gasteiger partial charge in [0.15, 0.2) is 11.5 Å². The normalized spacial score (nSPS) is 16.5. The molecule has 0 saturated carbocycles. The summed E-state index contributed by atoms with van der Waals surface area (Å²) < 4.78 is 17.9. The van der Waals surface area contributed by atoms with E-state index in [1.54, 1.807) is 19.1 Å². The number of hydrogen-bond acceptors (Lipinski definition) is 7. The molecule has 178 valence electrons. The highest BCUT2D eigenvalue weighted by molar-refractivity contribution is 6.00. The maximum Gasteiger partial charge on any atom is 0.257 e. The van der Waals surface area contributed by atoms with E-state index in [9.17, 15) is 14.4 Å². The molecule has 0 unspecified atom stereocenters. The smallest absolute Gasteiger partial charge is 0.257 e. The zero-order valence-corrected chi connectivity index (χ0v) is 19.0. The predicted molar refractivity (Wildman–Crippen MR) is 122 cm³/mol. The van der Waals surface area contributed by atoms with Gasteiger partial charge in [-0.05, 0) is 32.9 Å². The van der Waals surface area contributed by atoms with Crippen molar-refractivity contribution in [2.24, 2.45) is 0 Å². The average molecular weight is 459 g/mol. The van der Waals surface area contributed by atoms with Gasteiger partial charge in [0.05, 0.1) is 24.1 Å². The summed E-state index contributed by atoms with van der Waals surface area (Å²) in [6, 6.07) is 2.58. The number of benzene rings is 1. The van der Waals surface area contributed by atoms with E-state index in [2.05, 4.69) is 15.5 Å².